The Kier molecular flexibility index (Phi) is 8.25. The fourth-order valence-corrected chi connectivity index (χ4v) is 5.36. The summed E-state index contributed by atoms with van der Waals surface area (Å²) in [4.78, 5) is 18.8. The number of thiazole rings is 1. The van der Waals surface area contributed by atoms with Crippen LogP contribution in [-0.4, -0.2) is 65.0 Å². The highest BCUT2D eigenvalue weighted by atomic mass is 32.1. The zero-order valence-electron chi connectivity index (χ0n) is 20.0. The standard InChI is InChI=1S/C27H31N3O5S/c31-20-16-30(15-19-6-8-22(9-7-19)34-21-4-2-1-3-5-21)24-11-10-23(35-25(24)18-33-17-20)14-26(32)29-27-28-12-13-36-27/h1-9,12-13,20,23-25,31H,10-11,14-18H2,(H,28,29,32)/t20-,23-,24-,25+/m0/s1. The Balaban J connectivity index is 1.21. The van der Waals surface area contributed by atoms with Crippen LogP contribution in [0.4, 0.5) is 5.13 Å². The minimum absolute atomic E-state index is 0.0924. The maximum absolute atomic E-state index is 12.4. The number of β-amino-alcohol motifs (C(OH)–C–C–N with tert-alkyl or cyclic N) is 1. The van der Waals surface area contributed by atoms with E-state index >= 15 is 0 Å². The van der Waals surface area contributed by atoms with Crippen molar-refractivity contribution in [2.75, 3.05) is 25.1 Å². The lowest BCUT2D eigenvalue weighted by Crippen LogP contribution is -2.55. The van der Waals surface area contributed by atoms with Gasteiger partial charge in [-0.1, -0.05) is 30.3 Å². The number of nitrogens with one attached hydrogen (secondary N) is 1. The normalized spacial score (nSPS) is 24.8. The Morgan fingerprint density at radius 3 is 2.69 bits per heavy atom. The number of ether oxygens (including phenoxy) is 3. The van der Waals surface area contributed by atoms with Crippen LogP contribution in [0.2, 0.25) is 0 Å². The molecule has 190 valence electrons. The molecule has 2 saturated heterocycles. The molecule has 1 amide bonds. The van der Waals surface area contributed by atoms with Crippen LogP contribution in [0.1, 0.15) is 24.8 Å². The second-order valence-corrected chi connectivity index (χ2v) is 10.1. The van der Waals surface area contributed by atoms with Crippen molar-refractivity contribution >= 4 is 22.4 Å². The highest BCUT2D eigenvalue weighted by molar-refractivity contribution is 7.13. The van der Waals surface area contributed by atoms with Crippen molar-refractivity contribution in [1.82, 2.24) is 9.88 Å². The lowest BCUT2D eigenvalue weighted by Gasteiger charge is -2.44. The van der Waals surface area contributed by atoms with Gasteiger partial charge in [-0.25, -0.2) is 4.98 Å². The molecule has 4 atom stereocenters. The number of aliphatic hydroxyl groups is 1. The Hall–Kier alpha value is -2.82. The molecule has 3 aromatic rings. The number of para-hydroxylation sites is 1. The number of carbonyl (C=O) groups excluding carboxylic acids is 1. The van der Waals surface area contributed by atoms with E-state index in [9.17, 15) is 9.90 Å². The molecule has 0 radical (unpaired) electrons. The quantitative estimate of drug-likeness (QED) is 0.496. The van der Waals surface area contributed by atoms with Crippen LogP contribution in [0.25, 0.3) is 0 Å². The molecule has 3 heterocycles. The van der Waals surface area contributed by atoms with Gasteiger partial charge in [0.25, 0.3) is 0 Å². The lowest BCUT2D eigenvalue weighted by molar-refractivity contribution is -0.156. The third-order valence-corrected chi connectivity index (χ3v) is 7.16. The summed E-state index contributed by atoms with van der Waals surface area (Å²) in [7, 11) is 0. The molecule has 0 bridgehead atoms. The molecular weight excluding hydrogens is 478 g/mol. The number of nitrogens with zero attached hydrogens (tertiary/aromatic N) is 2. The molecule has 36 heavy (non-hydrogen) atoms. The van der Waals surface area contributed by atoms with Crippen molar-refractivity contribution in [3.05, 3.63) is 71.7 Å². The molecule has 0 spiro atoms. The summed E-state index contributed by atoms with van der Waals surface area (Å²) in [6.45, 7) is 1.85. The topological polar surface area (TPSA) is 93.2 Å². The minimum Gasteiger partial charge on any atom is -0.457 e. The molecule has 2 aliphatic rings. The maximum Gasteiger partial charge on any atom is 0.228 e. The van der Waals surface area contributed by atoms with Crippen LogP contribution < -0.4 is 10.1 Å². The summed E-state index contributed by atoms with van der Waals surface area (Å²) < 4.78 is 18.0. The van der Waals surface area contributed by atoms with Gasteiger partial charge in [-0.2, -0.15) is 0 Å². The van der Waals surface area contributed by atoms with Gasteiger partial charge < -0.3 is 24.6 Å². The summed E-state index contributed by atoms with van der Waals surface area (Å²) in [6, 6.07) is 17.9. The zero-order chi connectivity index (χ0) is 24.7. The SMILES string of the molecule is O=C(C[C@@H]1CC[C@H]2[C@@H](COC[C@@H](O)CN2Cc2ccc(Oc3ccccc3)cc2)O1)Nc1nccs1. The molecule has 0 aliphatic carbocycles. The molecule has 5 rings (SSSR count). The monoisotopic (exact) mass is 509 g/mol. The van der Waals surface area contributed by atoms with Gasteiger partial charge >= 0.3 is 0 Å². The maximum atomic E-state index is 12.4. The van der Waals surface area contributed by atoms with Crippen molar-refractivity contribution < 1.29 is 24.1 Å². The molecular formula is C27H31N3O5S. The van der Waals surface area contributed by atoms with E-state index in [1.165, 1.54) is 11.3 Å². The zero-order valence-corrected chi connectivity index (χ0v) is 20.8. The van der Waals surface area contributed by atoms with E-state index in [1.807, 2.05) is 47.8 Å². The number of carbonyl (C=O) groups is 1. The predicted octanol–water partition coefficient (Wildman–Crippen LogP) is 4.07. The number of aromatic nitrogens is 1. The van der Waals surface area contributed by atoms with Crippen molar-refractivity contribution in [1.29, 1.82) is 0 Å². The first-order valence-electron chi connectivity index (χ1n) is 12.3. The van der Waals surface area contributed by atoms with Gasteiger partial charge in [-0.15, -0.1) is 11.3 Å². The fraction of sp³-hybridized carbons (Fsp3) is 0.407. The van der Waals surface area contributed by atoms with E-state index in [0.29, 0.717) is 24.8 Å². The van der Waals surface area contributed by atoms with Gasteiger partial charge in [-0.3, -0.25) is 9.69 Å². The molecule has 1 aromatic heterocycles. The van der Waals surface area contributed by atoms with E-state index in [4.69, 9.17) is 14.2 Å². The third kappa shape index (κ3) is 6.68. The second-order valence-electron chi connectivity index (χ2n) is 9.21. The summed E-state index contributed by atoms with van der Waals surface area (Å²) in [5.41, 5.74) is 1.13. The highest BCUT2D eigenvalue weighted by Gasteiger charge is 2.38. The lowest BCUT2D eigenvalue weighted by atomic mass is 9.94. The highest BCUT2D eigenvalue weighted by Crippen LogP contribution is 2.30. The van der Waals surface area contributed by atoms with Crippen LogP contribution in [0.3, 0.4) is 0 Å². The molecule has 2 N–H and O–H groups in total. The molecule has 2 aromatic carbocycles. The van der Waals surface area contributed by atoms with Gasteiger partial charge in [0.15, 0.2) is 5.13 Å². The van der Waals surface area contributed by atoms with E-state index in [0.717, 1.165) is 29.9 Å². The fourth-order valence-electron chi connectivity index (χ4n) is 4.81. The molecule has 2 fully saturated rings. The number of fused-ring (bicyclic) bond motifs is 1. The molecule has 0 unspecified atom stereocenters. The first kappa shape index (κ1) is 24.9. The average Bonchev–Trinajstić information content (AvgIpc) is 3.38. The Bertz CT molecular complexity index is 1100. The van der Waals surface area contributed by atoms with Crippen molar-refractivity contribution in [3.8, 4) is 11.5 Å². The molecule has 9 heteroatoms. The van der Waals surface area contributed by atoms with Gasteiger partial charge in [0.1, 0.15) is 11.5 Å². The number of benzene rings is 2. The van der Waals surface area contributed by atoms with Crippen LogP contribution in [0, 0.1) is 0 Å². The van der Waals surface area contributed by atoms with Crippen LogP contribution in [0.15, 0.2) is 66.2 Å². The number of aliphatic hydroxyl groups excluding tert-OH is 1. The van der Waals surface area contributed by atoms with Crippen molar-refractivity contribution in [3.63, 3.8) is 0 Å². The number of hydrogen-bond donors (Lipinski definition) is 2. The molecule has 8 nitrogen and oxygen atoms in total. The van der Waals surface area contributed by atoms with Crippen LogP contribution in [0.5, 0.6) is 11.5 Å². The van der Waals surface area contributed by atoms with Crippen LogP contribution in [-0.2, 0) is 20.8 Å². The number of anilines is 1. The van der Waals surface area contributed by atoms with E-state index < -0.39 is 6.10 Å². The molecule has 2 aliphatic heterocycles. The van der Waals surface area contributed by atoms with Gasteiger partial charge in [0, 0.05) is 30.7 Å². The van der Waals surface area contributed by atoms with Gasteiger partial charge in [0.2, 0.25) is 5.91 Å². The van der Waals surface area contributed by atoms with Crippen LogP contribution >= 0.6 is 11.3 Å². The van der Waals surface area contributed by atoms with Crippen molar-refractivity contribution in [2.45, 2.75) is 50.2 Å². The largest absolute Gasteiger partial charge is 0.457 e. The predicted molar refractivity (Wildman–Crippen MR) is 137 cm³/mol. The summed E-state index contributed by atoms with van der Waals surface area (Å²) in [5, 5.41) is 15.7. The molecule has 0 saturated carbocycles. The number of hydrogen-bond acceptors (Lipinski definition) is 8. The Labute approximate surface area is 214 Å². The Morgan fingerprint density at radius 2 is 1.92 bits per heavy atom. The average molecular weight is 510 g/mol. The summed E-state index contributed by atoms with van der Waals surface area (Å²) >= 11 is 1.40. The first-order chi connectivity index (χ1) is 17.6. The third-order valence-electron chi connectivity index (χ3n) is 6.47. The van der Waals surface area contributed by atoms with Crippen molar-refractivity contribution in [2.24, 2.45) is 0 Å². The Morgan fingerprint density at radius 1 is 1.11 bits per heavy atom. The van der Waals surface area contributed by atoms with E-state index in [2.05, 4.69) is 27.3 Å². The van der Waals surface area contributed by atoms with E-state index in [1.54, 1.807) is 6.20 Å². The first-order valence-corrected chi connectivity index (χ1v) is 13.2. The smallest absolute Gasteiger partial charge is 0.228 e. The van der Waals surface area contributed by atoms with E-state index in [-0.39, 0.29) is 37.2 Å². The summed E-state index contributed by atoms with van der Waals surface area (Å²) in [5.74, 6) is 1.49. The number of amides is 1. The second kappa shape index (κ2) is 11.9. The van der Waals surface area contributed by atoms with Gasteiger partial charge in [-0.05, 0) is 42.7 Å². The number of rotatable bonds is 7. The van der Waals surface area contributed by atoms with Gasteiger partial charge in [0.05, 0.1) is 37.9 Å². The minimum atomic E-state index is -0.562. The summed E-state index contributed by atoms with van der Waals surface area (Å²) in [6.07, 6.45) is 2.69.